The smallest absolute Gasteiger partial charge is 0.192 e. The summed E-state index contributed by atoms with van der Waals surface area (Å²) in [6.45, 7) is 7.11. The molecule has 0 radical (unpaired) electrons. The van der Waals surface area contributed by atoms with Crippen molar-refractivity contribution >= 4 is 16.6 Å². The summed E-state index contributed by atoms with van der Waals surface area (Å²) >= 11 is 0. The van der Waals surface area contributed by atoms with Crippen LogP contribution in [-0.4, -0.2) is 21.4 Å². The fourth-order valence-electron chi connectivity index (χ4n) is 0.916. The summed E-state index contributed by atoms with van der Waals surface area (Å²) in [5.74, 6) is 0. The van der Waals surface area contributed by atoms with E-state index in [-0.39, 0.29) is 5.03 Å². The molecule has 0 aliphatic rings. The van der Waals surface area contributed by atoms with Gasteiger partial charge in [-0.1, -0.05) is 25.2 Å². The molecule has 0 aromatic rings. The Morgan fingerprint density at radius 3 is 2.40 bits per heavy atom. The van der Waals surface area contributed by atoms with Crippen molar-refractivity contribution in [2.75, 3.05) is 6.26 Å². The van der Waals surface area contributed by atoms with E-state index >= 15 is 0 Å². The van der Waals surface area contributed by atoms with E-state index in [1.54, 1.807) is 6.08 Å². The first kappa shape index (κ1) is 13.8. The zero-order chi connectivity index (χ0) is 11.9. The van der Waals surface area contributed by atoms with Gasteiger partial charge in [0.25, 0.3) is 0 Å². The summed E-state index contributed by atoms with van der Waals surface area (Å²) in [6, 6.07) is 0. The number of sulfone groups is 1. The van der Waals surface area contributed by atoms with Crippen LogP contribution in [0.15, 0.2) is 39.9 Å². The third-order valence-electron chi connectivity index (χ3n) is 1.76. The summed E-state index contributed by atoms with van der Waals surface area (Å²) in [4.78, 5) is 3.51. The maximum absolute atomic E-state index is 11.2. The summed E-state index contributed by atoms with van der Waals surface area (Å²) in [6.07, 6.45) is 9.01. The maximum Gasteiger partial charge on any atom is 0.192 e. The molecule has 0 saturated heterocycles. The number of rotatable bonds is 5. The fraction of sp³-hybridized carbons (Fsp3) is 0.364. The van der Waals surface area contributed by atoms with Crippen LogP contribution in [0.1, 0.15) is 20.3 Å². The van der Waals surface area contributed by atoms with Gasteiger partial charge in [-0.15, -0.1) is 0 Å². The van der Waals surface area contributed by atoms with Gasteiger partial charge in [0.1, 0.15) is 0 Å². The van der Waals surface area contributed by atoms with Crippen LogP contribution in [0.4, 0.5) is 0 Å². The van der Waals surface area contributed by atoms with Crippen molar-refractivity contribution in [1.29, 1.82) is 0 Å². The summed E-state index contributed by atoms with van der Waals surface area (Å²) in [5, 5.41) is 0.0140. The molecule has 0 fully saturated rings. The van der Waals surface area contributed by atoms with E-state index in [9.17, 15) is 8.42 Å². The Bertz CT molecular complexity index is 400. The molecule has 0 aromatic heterocycles. The Morgan fingerprint density at radius 1 is 1.47 bits per heavy atom. The largest absolute Gasteiger partial charge is 0.253 e. The van der Waals surface area contributed by atoms with Crippen LogP contribution in [0.2, 0.25) is 0 Å². The van der Waals surface area contributed by atoms with E-state index < -0.39 is 9.84 Å². The van der Waals surface area contributed by atoms with Crippen LogP contribution >= 0.6 is 0 Å². The van der Waals surface area contributed by atoms with Crippen LogP contribution < -0.4 is 0 Å². The van der Waals surface area contributed by atoms with Crippen molar-refractivity contribution in [3.05, 3.63) is 34.9 Å². The molecular formula is C11H17NO2S. The van der Waals surface area contributed by atoms with E-state index in [0.29, 0.717) is 0 Å². The van der Waals surface area contributed by atoms with E-state index in [4.69, 9.17) is 0 Å². The van der Waals surface area contributed by atoms with Gasteiger partial charge in [0, 0.05) is 6.26 Å². The van der Waals surface area contributed by atoms with Gasteiger partial charge < -0.3 is 0 Å². The zero-order valence-corrected chi connectivity index (χ0v) is 10.2. The number of hydrogen-bond donors (Lipinski definition) is 0. The van der Waals surface area contributed by atoms with Gasteiger partial charge in [0.15, 0.2) is 14.9 Å². The van der Waals surface area contributed by atoms with Crippen molar-refractivity contribution in [3.8, 4) is 0 Å². The van der Waals surface area contributed by atoms with Crippen LogP contribution in [0.3, 0.4) is 0 Å². The molecule has 0 amide bonds. The van der Waals surface area contributed by atoms with E-state index in [1.807, 2.05) is 32.1 Å². The van der Waals surface area contributed by atoms with Crippen LogP contribution in [0, 0.1) is 0 Å². The molecule has 0 heterocycles. The minimum Gasteiger partial charge on any atom is -0.253 e. The lowest BCUT2D eigenvalue weighted by Crippen LogP contribution is -1.98. The first-order chi connectivity index (χ1) is 6.95. The molecule has 15 heavy (non-hydrogen) atoms. The molecule has 0 N–H and O–H groups in total. The topological polar surface area (TPSA) is 46.5 Å². The third-order valence-corrected chi connectivity index (χ3v) is 2.76. The van der Waals surface area contributed by atoms with Crippen molar-refractivity contribution in [3.63, 3.8) is 0 Å². The van der Waals surface area contributed by atoms with E-state index in [1.165, 1.54) is 0 Å². The minimum atomic E-state index is -3.28. The lowest BCUT2D eigenvalue weighted by atomic mass is 10.2. The van der Waals surface area contributed by atoms with Crippen molar-refractivity contribution in [2.24, 2.45) is 4.99 Å². The summed E-state index contributed by atoms with van der Waals surface area (Å²) in [7, 11) is -3.28. The molecule has 0 saturated carbocycles. The van der Waals surface area contributed by atoms with Crippen LogP contribution in [0.5, 0.6) is 0 Å². The normalized spacial score (nSPS) is 14.6. The van der Waals surface area contributed by atoms with Crippen molar-refractivity contribution in [2.45, 2.75) is 20.3 Å². The van der Waals surface area contributed by atoms with Gasteiger partial charge in [-0.3, -0.25) is 4.99 Å². The quantitative estimate of drug-likeness (QED) is 0.535. The van der Waals surface area contributed by atoms with Gasteiger partial charge in [-0.2, -0.15) is 0 Å². The van der Waals surface area contributed by atoms with Crippen LogP contribution in [-0.2, 0) is 9.84 Å². The lowest BCUT2D eigenvalue weighted by molar-refractivity contribution is 0.607. The first-order valence-electron chi connectivity index (χ1n) is 4.66. The summed E-state index contributed by atoms with van der Waals surface area (Å²) in [5.41, 5.74) is 0.904. The predicted octanol–water partition coefficient (Wildman–Crippen LogP) is 2.49. The highest BCUT2D eigenvalue weighted by Crippen LogP contribution is 2.12. The molecule has 4 heteroatoms. The Labute approximate surface area is 91.8 Å². The molecule has 0 unspecified atom stereocenters. The minimum absolute atomic E-state index is 0.0140. The SMILES string of the molecule is C=N\C(=C/C(=C\C=C\C)CC)S(C)(=O)=O. The second-order valence-electron chi connectivity index (χ2n) is 3.03. The second kappa shape index (κ2) is 6.35. The number of nitrogens with zero attached hydrogens (tertiary/aromatic N) is 1. The zero-order valence-electron chi connectivity index (χ0n) is 9.40. The maximum atomic E-state index is 11.2. The van der Waals surface area contributed by atoms with Gasteiger partial charge in [-0.25, -0.2) is 8.42 Å². The number of hydrogen-bond acceptors (Lipinski definition) is 3. The van der Waals surface area contributed by atoms with E-state index in [2.05, 4.69) is 11.7 Å². The fourth-order valence-corrected chi connectivity index (χ4v) is 1.52. The Balaban J connectivity index is 5.22. The molecule has 0 aromatic carbocycles. The van der Waals surface area contributed by atoms with Gasteiger partial charge >= 0.3 is 0 Å². The van der Waals surface area contributed by atoms with Crippen molar-refractivity contribution < 1.29 is 8.42 Å². The Kier molecular flexibility index (Phi) is 5.86. The van der Waals surface area contributed by atoms with Gasteiger partial charge in [0.05, 0.1) is 0 Å². The highest BCUT2D eigenvalue weighted by atomic mass is 32.2. The highest BCUT2D eigenvalue weighted by molar-refractivity contribution is 7.94. The van der Waals surface area contributed by atoms with E-state index in [0.717, 1.165) is 18.2 Å². The standard InChI is InChI=1S/C11H17NO2S/c1-5-7-8-10(6-2)9-11(12-3)15(4,13)14/h5,7-9H,3,6H2,1-2,4H3/b7-5+,10-8-,11-9+. The second-order valence-corrected chi connectivity index (χ2v) is 5.00. The molecule has 0 aliphatic heterocycles. The Morgan fingerprint density at radius 2 is 2.07 bits per heavy atom. The monoisotopic (exact) mass is 227 g/mol. The van der Waals surface area contributed by atoms with Crippen molar-refractivity contribution in [1.82, 2.24) is 0 Å². The molecule has 0 spiro atoms. The highest BCUT2D eigenvalue weighted by Gasteiger charge is 2.08. The molecule has 0 rings (SSSR count). The average Bonchev–Trinajstić information content (AvgIpc) is 2.16. The molecular weight excluding hydrogens is 210 g/mol. The lowest BCUT2D eigenvalue weighted by Gasteiger charge is -2.00. The average molecular weight is 227 g/mol. The third kappa shape index (κ3) is 5.32. The van der Waals surface area contributed by atoms with Gasteiger partial charge in [-0.05, 0) is 31.7 Å². The molecule has 0 atom stereocenters. The molecule has 0 bridgehead atoms. The molecule has 84 valence electrons. The first-order valence-corrected chi connectivity index (χ1v) is 6.55. The number of aliphatic imine (C=N–C) groups is 1. The Hall–Kier alpha value is -1.16. The predicted molar refractivity (Wildman–Crippen MR) is 65.7 cm³/mol. The number of allylic oxidation sites excluding steroid dienone is 5. The molecule has 3 nitrogen and oxygen atoms in total. The summed E-state index contributed by atoms with van der Waals surface area (Å²) < 4.78 is 22.5. The molecule has 0 aliphatic carbocycles. The van der Waals surface area contributed by atoms with Crippen LogP contribution in [0.25, 0.3) is 0 Å². The van der Waals surface area contributed by atoms with Gasteiger partial charge in [0.2, 0.25) is 0 Å².